The average Bonchev–Trinajstić information content (AvgIpc) is 3.03. The van der Waals surface area contributed by atoms with E-state index in [1.165, 1.54) is 88.4 Å². The van der Waals surface area contributed by atoms with Crippen LogP contribution in [0.5, 0.6) is 0 Å². The van der Waals surface area contributed by atoms with Crippen molar-refractivity contribution >= 4 is 23.4 Å². The van der Waals surface area contributed by atoms with Crippen LogP contribution in [0.15, 0.2) is 24.3 Å². The minimum atomic E-state index is 0. The minimum Gasteiger partial charge on any atom is -0.328 e. The molecule has 2 aromatic rings. The fourth-order valence-corrected chi connectivity index (χ4v) is 4.06. The number of hydrogen-bond acceptors (Lipinski definition) is 2. The Hall–Kier alpha value is -1.06. The number of imidazole rings is 1. The van der Waals surface area contributed by atoms with Gasteiger partial charge in [-0.3, -0.25) is 0 Å². The average molecular weight is 422 g/mol. The van der Waals surface area contributed by atoms with Gasteiger partial charge in [-0.25, -0.2) is 4.98 Å². The molecule has 29 heavy (non-hydrogen) atoms. The first-order valence-corrected chi connectivity index (χ1v) is 11.8. The molecule has 0 aliphatic carbocycles. The highest BCUT2D eigenvalue weighted by Gasteiger charge is 2.10. The molecule has 3 nitrogen and oxygen atoms in total. The molecule has 0 saturated heterocycles. The molecular weight excluding hydrogens is 378 g/mol. The number of para-hydroxylation sites is 2. The fraction of sp³-hybridized carbons (Fsp3) is 0.720. The molecule has 2 rings (SSSR count). The molecule has 0 radical (unpaired) electrons. The summed E-state index contributed by atoms with van der Waals surface area (Å²) in [6, 6.07) is 8.62. The number of rotatable bonds is 16. The number of unbranched alkanes of at least 4 members (excludes halogenated alkanes) is 10. The standard InChI is InChI=1S/C25H43N3.ClH/c1-4-5-6-7-8-9-10-11-12-13-14-20-25-26-23-18-15-16-19-24(23)28(25)22-17-21-27(2)3;/h15-16,18-19H,4-14,17,20-22H2,1-3H3;1H. The largest absolute Gasteiger partial charge is 0.328 e. The maximum absolute atomic E-state index is 4.94. The first-order valence-electron chi connectivity index (χ1n) is 11.8. The van der Waals surface area contributed by atoms with Gasteiger partial charge in [0.15, 0.2) is 0 Å². The predicted octanol–water partition coefficient (Wildman–Crippen LogP) is 7.26. The smallest absolute Gasteiger partial charge is 0.109 e. The van der Waals surface area contributed by atoms with Crippen LogP contribution >= 0.6 is 12.4 Å². The van der Waals surface area contributed by atoms with Crippen molar-refractivity contribution in [2.24, 2.45) is 0 Å². The SMILES string of the molecule is CCCCCCCCCCCCCc1nc2ccccc2n1CCCN(C)C.Cl. The van der Waals surface area contributed by atoms with Crippen LogP contribution in [0, 0.1) is 0 Å². The second-order valence-corrected chi connectivity index (χ2v) is 8.61. The molecule has 0 spiro atoms. The Labute approximate surface area is 185 Å². The predicted molar refractivity (Wildman–Crippen MR) is 130 cm³/mol. The second kappa shape index (κ2) is 15.7. The molecule has 0 N–H and O–H groups in total. The molecule has 1 aromatic heterocycles. The minimum absolute atomic E-state index is 0. The summed E-state index contributed by atoms with van der Waals surface area (Å²) >= 11 is 0. The van der Waals surface area contributed by atoms with Crippen molar-refractivity contribution in [1.29, 1.82) is 0 Å². The van der Waals surface area contributed by atoms with E-state index in [4.69, 9.17) is 4.98 Å². The zero-order valence-electron chi connectivity index (χ0n) is 19.2. The van der Waals surface area contributed by atoms with Crippen molar-refractivity contribution in [2.45, 2.75) is 96.9 Å². The monoisotopic (exact) mass is 421 g/mol. The highest BCUT2D eigenvalue weighted by Crippen LogP contribution is 2.19. The van der Waals surface area contributed by atoms with Crippen LogP contribution < -0.4 is 0 Å². The van der Waals surface area contributed by atoms with E-state index in [9.17, 15) is 0 Å². The maximum Gasteiger partial charge on any atom is 0.109 e. The van der Waals surface area contributed by atoms with Gasteiger partial charge >= 0.3 is 0 Å². The van der Waals surface area contributed by atoms with Crippen LogP contribution in [0.1, 0.15) is 89.8 Å². The Morgan fingerprint density at radius 3 is 2.00 bits per heavy atom. The normalized spacial score (nSPS) is 11.3. The third-order valence-electron chi connectivity index (χ3n) is 5.72. The van der Waals surface area contributed by atoms with Gasteiger partial charge in [0.1, 0.15) is 5.82 Å². The van der Waals surface area contributed by atoms with Crippen molar-refractivity contribution in [3.05, 3.63) is 30.1 Å². The lowest BCUT2D eigenvalue weighted by Gasteiger charge is -2.12. The highest BCUT2D eigenvalue weighted by atomic mass is 35.5. The summed E-state index contributed by atoms with van der Waals surface area (Å²) in [4.78, 5) is 7.21. The maximum atomic E-state index is 4.94. The summed E-state index contributed by atoms with van der Waals surface area (Å²) in [5, 5.41) is 0. The zero-order chi connectivity index (χ0) is 20.0. The number of halogens is 1. The highest BCUT2D eigenvalue weighted by molar-refractivity contribution is 5.85. The summed E-state index contributed by atoms with van der Waals surface area (Å²) < 4.78 is 2.47. The van der Waals surface area contributed by atoms with E-state index in [1.807, 2.05) is 0 Å². The molecule has 0 bridgehead atoms. The first-order chi connectivity index (χ1) is 13.7. The summed E-state index contributed by atoms with van der Waals surface area (Å²) in [5.74, 6) is 1.29. The van der Waals surface area contributed by atoms with Crippen molar-refractivity contribution < 1.29 is 0 Å². The summed E-state index contributed by atoms with van der Waals surface area (Å²) in [7, 11) is 4.30. The summed E-state index contributed by atoms with van der Waals surface area (Å²) in [6.07, 6.45) is 17.7. The Balaban J connectivity index is 0.00000420. The molecule has 1 heterocycles. The van der Waals surface area contributed by atoms with E-state index < -0.39 is 0 Å². The molecule has 0 fully saturated rings. The van der Waals surface area contributed by atoms with Crippen LogP contribution in [0.3, 0.4) is 0 Å². The van der Waals surface area contributed by atoms with Crippen LogP contribution in [0.25, 0.3) is 11.0 Å². The van der Waals surface area contributed by atoms with E-state index in [2.05, 4.69) is 54.8 Å². The second-order valence-electron chi connectivity index (χ2n) is 8.61. The van der Waals surface area contributed by atoms with Gasteiger partial charge in [0, 0.05) is 13.0 Å². The van der Waals surface area contributed by atoms with Gasteiger partial charge in [0.25, 0.3) is 0 Å². The third-order valence-corrected chi connectivity index (χ3v) is 5.72. The molecule has 0 saturated carbocycles. The number of hydrogen-bond donors (Lipinski definition) is 0. The van der Waals surface area contributed by atoms with Crippen molar-refractivity contribution in [3.63, 3.8) is 0 Å². The fourth-order valence-electron chi connectivity index (χ4n) is 4.06. The van der Waals surface area contributed by atoms with E-state index >= 15 is 0 Å². The van der Waals surface area contributed by atoms with E-state index in [1.54, 1.807) is 0 Å². The molecule has 4 heteroatoms. The molecule has 1 aromatic carbocycles. The number of benzene rings is 1. The lowest BCUT2D eigenvalue weighted by molar-refractivity contribution is 0.386. The van der Waals surface area contributed by atoms with Gasteiger partial charge in [-0.2, -0.15) is 0 Å². The van der Waals surface area contributed by atoms with Gasteiger partial charge in [-0.15, -0.1) is 12.4 Å². The van der Waals surface area contributed by atoms with E-state index in [0.29, 0.717) is 0 Å². The summed E-state index contributed by atoms with van der Waals surface area (Å²) in [6.45, 7) is 4.50. The molecule has 0 unspecified atom stereocenters. The van der Waals surface area contributed by atoms with Gasteiger partial charge in [-0.1, -0.05) is 83.3 Å². The number of nitrogens with zero attached hydrogens (tertiary/aromatic N) is 3. The van der Waals surface area contributed by atoms with Gasteiger partial charge in [-0.05, 0) is 45.6 Å². The molecule has 0 atom stereocenters. The Kier molecular flexibility index (Phi) is 14.1. The van der Waals surface area contributed by atoms with Crippen LogP contribution in [0.4, 0.5) is 0 Å². The van der Waals surface area contributed by atoms with Crippen LogP contribution in [-0.4, -0.2) is 35.1 Å². The lowest BCUT2D eigenvalue weighted by atomic mass is 10.1. The molecule has 0 aliphatic rings. The zero-order valence-corrected chi connectivity index (χ0v) is 20.0. The van der Waals surface area contributed by atoms with Gasteiger partial charge in [0.2, 0.25) is 0 Å². The van der Waals surface area contributed by atoms with Crippen LogP contribution in [-0.2, 0) is 13.0 Å². The van der Waals surface area contributed by atoms with Crippen molar-refractivity contribution in [3.8, 4) is 0 Å². The van der Waals surface area contributed by atoms with Crippen LogP contribution in [0.2, 0.25) is 0 Å². The number of aromatic nitrogens is 2. The van der Waals surface area contributed by atoms with Crippen molar-refractivity contribution in [2.75, 3.05) is 20.6 Å². The summed E-state index contributed by atoms with van der Waals surface area (Å²) in [5.41, 5.74) is 2.46. The molecule has 166 valence electrons. The number of fused-ring (bicyclic) bond motifs is 1. The van der Waals surface area contributed by atoms with Gasteiger partial charge in [0.05, 0.1) is 11.0 Å². The Morgan fingerprint density at radius 2 is 1.38 bits per heavy atom. The Morgan fingerprint density at radius 1 is 0.793 bits per heavy atom. The third kappa shape index (κ3) is 10.00. The first kappa shape index (κ1) is 26.0. The van der Waals surface area contributed by atoms with E-state index in [-0.39, 0.29) is 12.4 Å². The quantitative estimate of drug-likeness (QED) is 0.266. The van der Waals surface area contributed by atoms with Gasteiger partial charge < -0.3 is 9.47 Å². The van der Waals surface area contributed by atoms with Crippen molar-refractivity contribution in [1.82, 2.24) is 14.5 Å². The Bertz CT molecular complexity index is 651. The topological polar surface area (TPSA) is 21.1 Å². The molecular formula is C25H44ClN3. The molecule has 0 aliphatic heterocycles. The number of aryl methyl sites for hydroxylation is 2. The molecule has 0 amide bonds. The lowest BCUT2D eigenvalue weighted by Crippen LogP contribution is -2.16. The van der Waals surface area contributed by atoms with E-state index in [0.717, 1.165) is 25.0 Å².